The molecule has 1 aromatic carbocycles. The van der Waals surface area contributed by atoms with Crippen molar-refractivity contribution in [1.29, 1.82) is 0 Å². The highest BCUT2D eigenvalue weighted by Gasteiger charge is 2.20. The first kappa shape index (κ1) is 16.3. The van der Waals surface area contributed by atoms with E-state index in [-0.39, 0.29) is 18.4 Å². The fraction of sp³-hybridized carbons (Fsp3) is 0.312. The van der Waals surface area contributed by atoms with Crippen LogP contribution in [0.4, 0.5) is 11.4 Å². The van der Waals surface area contributed by atoms with Gasteiger partial charge in [-0.2, -0.15) is 5.10 Å². The number of hydrogen-bond acceptors (Lipinski definition) is 4. The lowest BCUT2D eigenvalue weighted by Gasteiger charge is -2.29. The van der Waals surface area contributed by atoms with Crippen LogP contribution >= 0.6 is 11.6 Å². The number of carbonyl (C=O) groups excluding carboxylic acids is 2. The predicted octanol–water partition coefficient (Wildman–Crippen LogP) is 1.67. The topological polar surface area (TPSA) is 79.3 Å². The maximum absolute atomic E-state index is 12.3. The molecule has 0 bridgehead atoms. The first-order valence-corrected chi connectivity index (χ1v) is 8.03. The Balaban J connectivity index is 1.70. The molecule has 1 atom stereocenters. The molecule has 1 saturated heterocycles. The molecule has 2 heterocycles. The first-order valence-electron chi connectivity index (χ1n) is 7.66. The molecule has 0 unspecified atom stereocenters. The van der Waals surface area contributed by atoms with E-state index in [1.165, 1.54) is 0 Å². The van der Waals surface area contributed by atoms with Crippen LogP contribution in [0.25, 0.3) is 0 Å². The summed E-state index contributed by atoms with van der Waals surface area (Å²) in [5.74, 6) is -0.206. The first-order chi connectivity index (χ1) is 11.5. The number of hydrogen-bond donors (Lipinski definition) is 2. The Morgan fingerprint density at radius 1 is 1.46 bits per heavy atom. The smallest absolute Gasteiger partial charge is 0.248 e. The highest BCUT2D eigenvalue weighted by atomic mass is 35.5. The summed E-state index contributed by atoms with van der Waals surface area (Å²) in [5.41, 5.74) is 1.39. The van der Waals surface area contributed by atoms with Crippen molar-refractivity contribution in [2.24, 2.45) is 0 Å². The van der Waals surface area contributed by atoms with Crippen molar-refractivity contribution in [3.63, 3.8) is 0 Å². The number of rotatable bonds is 4. The van der Waals surface area contributed by atoms with Gasteiger partial charge in [0.25, 0.3) is 0 Å². The standard InChI is InChI=1S/C16H18ClN5O2/c1-11(22-7-2-5-19-22)16(24)20-12-3-4-14(13(17)9-12)21-8-6-18-15(23)10-21/h2-5,7,9,11H,6,8,10H2,1H3,(H,18,23)(H,20,24)/t11-/m0/s1. The van der Waals surface area contributed by atoms with Crippen LogP contribution in [0.15, 0.2) is 36.7 Å². The van der Waals surface area contributed by atoms with Crippen molar-refractivity contribution in [2.45, 2.75) is 13.0 Å². The van der Waals surface area contributed by atoms with E-state index >= 15 is 0 Å². The van der Waals surface area contributed by atoms with Gasteiger partial charge < -0.3 is 15.5 Å². The highest BCUT2D eigenvalue weighted by Crippen LogP contribution is 2.29. The van der Waals surface area contributed by atoms with Crippen LogP contribution in [0.3, 0.4) is 0 Å². The minimum atomic E-state index is -0.427. The lowest BCUT2D eigenvalue weighted by Crippen LogP contribution is -2.47. The van der Waals surface area contributed by atoms with Crippen LogP contribution in [-0.2, 0) is 9.59 Å². The van der Waals surface area contributed by atoms with Crippen LogP contribution in [0.5, 0.6) is 0 Å². The molecular weight excluding hydrogens is 330 g/mol. The van der Waals surface area contributed by atoms with Gasteiger partial charge in [0, 0.05) is 31.2 Å². The van der Waals surface area contributed by atoms with Gasteiger partial charge in [-0.3, -0.25) is 14.3 Å². The molecule has 0 aliphatic carbocycles. The van der Waals surface area contributed by atoms with E-state index in [4.69, 9.17) is 11.6 Å². The van der Waals surface area contributed by atoms with Crippen molar-refractivity contribution in [1.82, 2.24) is 15.1 Å². The number of halogens is 1. The number of benzene rings is 1. The van der Waals surface area contributed by atoms with Crippen molar-refractivity contribution < 1.29 is 9.59 Å². The number of amides is 2. The number of nitrogens with zero attached hydrogens (tertiary/aromatic N) is 3. The molecule has 0 saturated carbocycles. The summed E-state index contributed by atoms with van der Waals surface area (Å²) >= 11 is 6.33. The third kappa shape index (κ3) is 3.51. The van der Waals surface area contributed by atoms with Crippen LogP contribution in [-0.4, -0.2) is 41.2 Å². The summed E-state index contributed by atoms with van der Waals surface area (Å²) in [6.07, 6.45) is 3.37. The summed E-state index contributed by atoms with van der Waals surface area (Å²) < 4.78 is 1.58. The van der Waals surface area contributed by atoms with E-state index in [1.54, 1.807) is 42.2 Å². The average molecular weight is 348 g/mol. The van der Waals surface area contributed by atoms with Gasteiger partial charge in [-0.25, -0.2) is 0 Å². The molecule has 3 rings (SSSR count). The molecule has 2 amide bonds. The summed E-state index contributed by atoms with van der Waals surface area (Å²) in [4.78, 5) is 25.7. The second-order valence-electron chi connectivity index (χ2n) is 5.59. The fourth-order valence-corrected chi connectivity index (χ4v) is 2.86. The molecule has 2 N–H and O–H groups in total. The molecule has 24 heavy (non-hydrogen) atoms. The van der Waals surface area contributed by atoms with Gasteiger partial charge in [0.1, 0.15) is 6.04 Å². The Hall–Kier alpha value is -2.54. The lowest BCUT2D eigenvalue weighted by atomic mass is 10.2. The zero-order valence-corrected chi connectivity index (χ0v) is 14.0. The summed E-state index contributed by atoms with van der Waals surface area (Å²) in [5, 5.41) is 10.2. The van der Waals surface area contributed by atoms with Gasteiger partial charge in [-0.05, 0) is 31.2 Å². The SMILES string of the molecule is C[C@@H](C(=O)Nc1ccc(N2CCNC(=O)C2)c(Cl)c1)n1cccn1. The minimum absolute atomic E-state index is 0.0252. The quantitative estimate of drug-likeness (QED) is 0.881. The monoisotopic (exact) mass is 347 g/mol. The van der Waals surface area contributed by atoms with Crippen LogP contribution in [0.2, 0.25) is 5.02 Å². The molecule has 8 heteroatoms. The molecule has 1 aliphatic heterocycles. The Bertz CT molecular complexity index is 747. The van der Waals surface area contributed by atoms with Gasteiger partial charge in [0.15, 0.2) is 0 Å². The number of aromatic nitrogens is 2. The molecule has 7 nitrogen and oxygen atoms in total. The fourth-order valence-electron chi connectivity index (χ4n) is 2.56. The molecule has 2 aromatic rings. The highest BCUT2D eigenvalue weighted by molar-refractivity contribution is 6.33. The Labute approximate surface area is 144 Å². The van der Waals surface area contributed by atoms with Crippen LogP contribution in [0, 0.1) is 0 Å². The van der Waals surface area contributed by atoms with Crippen molar-refractivity contribution in [3.05, 3.63) is 41.7 Å². The van der Waals surface area contributed by atoms with Crippen LogP contribution in [0.1, 0.15) is 13.0 Å². The van der Waals surface area contributed by atoms with E-state index in [0.717, 1.165) is 5.69 Å². The lowest BCUT2D eigenvalue weighted by molar-refractivity contribution is -0.120. The van der Waals surface area contributed by atoms with Gasteiger partial charge >= 0.3 is 0 Å². The maximum atomic E-state index is 12.3. The molecule has 0 radical (unpaired) electrons. The van der Waals surface area contributed by atoms with Gasteiger partial charge in [0.2, 0.25) is 11.8 Å². The number of anilines is 2. The minimum Gasteiger partial charge on any atom is -0.359 e. The van der Waals surface area contributed by atoms with Crippen molar-refractivity contribution in [2.75, 3.05) is 29.9 Å². The van der Waals surface area contributed by atoms with E-state index in [1.807, 2.05) is 11.0 Å². The normalized spacial score (nSPS) is 15.8. The molecule has 1 fully saturated rings. The average Bonchev–Trinajstić information content (AvgIpc) is 3.08. The molecular formula is C16H18ClN5O2. The van der Waals surface area contributed by atoms with Gasteiger partial charge in [-0.1, -0.05) is 11.6 Å². The zero-order valence-electron chi connectivity index (χ0n) is 13.2. The molecule has 126 valence electrons. The van der Waals surface area contributed by atoms with E-state index < -0.39 is 6.04 Å². The van der Waals surface area contributed by atoms with Crippen molar-refractivity contribution >= 4 is 34.8 Å². The molecule has 0 spiro atoms. The van der Waals surface area contributed by atoms with Gasteiger partial charge in [-0.15, -0.1) is 0 Å². The van der Waals surface area contributed by atoms with E-state index in [9.17, 15) is 9.59 Å². The predicted molar refractivity (Wildman–Crippen MR) is 92.2 cm³/mol. The number of carbonyl (C=O) groups is 2. The maximum Gasteiger partial charge on any atom is 0.248 e. The zero-order chi connectivity index (χ0) is 17.1. The second kappa shape index (κ2) is 6.92. The van der Waals surface area contributed by atoms with E-state index in [0.29, 0.717) is 23.8 Å². The molecule has 1 aromatic heterocycles. The number of nitrogens with one attached hydrogen (secondary N) is 2. The summed E-state index contributed by atoms with van der Waals surface area (Å²) in [6, 6.07) is 6.63. The third-order valence-electron chi connectivity index (χ3n) is 3.90. The largest absolute Gasteiger partial charge is 0.359 e. The summed E-state index contributed by atoms with van der Waals surface area (Å²) in [6.45, 7) is 3.34. The number of piperazine rings is 1. The summed E-state index contributed by atoms with van der Waals surface area (Å²) in [7, 11) is 0. The Kier molecular flexibility index (Phi) is 4.71. The molecule has 1 aliphatic rings. The van der Waals surface area contributed by atoms with Gasteiger partial charge in [0.05, 0.1) is 17.3 Å². The van der Waals surface area contributed by atoms with Crippen molar-refractivity contribution in [3.8, 4) is 0 Å². The van der Waals surface area contributed by atoms with Crippen LogP contribution < -0.4 is 15.5 Å². The Morgan fingerprint density at radius 3 is 2.96 bits per heavy atom. The van der Waals surface area contributed by atoms with E-state index in [2.05, 4.69) is 15.7 Å². The second-order valence-corrected chi connectivity index (χ2v) is 6.00. The Morgan fingerprint density at radius 2 is 2.29 bits per heavy atom. The third-order valence-corrected chi connectivity index (χ3v) is 4.20.